The lowest BCUT2D eigenvalue weighted by atomic mass is 10.0. The molecule has 2 heterocycles. The first kappa shape index (κ1) is 19.8. The Balaban J connectivity index is 1.85. The monoisotopic (exact) mass is 427 g/mol. The molecule has 0 radical (unpaired) electrons. The molecule has 0 aliphatic rings. The van der Waals surface area contributed by atoms with E-state index in [1.165, 1.54) is 24.3 Å². The van der Waals surface area contributed by atoms with Gasteiger partial charge in [0, 0.05) is 29.3 Å². The fraction of sp³-hybridized carbons (Fsp3) is 0.0909. The largest absolute Gasteiger partial charge is 0.436 e. The van der Waals surface area contributed by atoms with Crippen LogP contribution in [0.5, 0.6) is 0 Å². The number of anilines is 3. The normalized spacial score (nSPS) is 11.1. The third kappa shape index (κ3) is 3.59. The standard InChI is InChI=1S/C22H16ClF2N3O2/c1-2-17(29)11-4-3-5-12(8-11)19-21-14(10-18(25)28-19)20(22(26)30-21)27-13-6-7-16(24)15(23)9-13/h3-10,27H,2,26H2,1H3. The zero-order valence-corrected chi connectivity index (χ0v) is 16.6. The molecule has 0 atom stereocenters. The van der Waals surface area contributed by atoms with Gasteiger partial charge in [0.05, 0.1) is 10.4 Å². The van der Waals surface area contributed by atoms with Crippen LogP contribution in [-0.4, -0.2) is 10.8 Å². The van der Waals surface area contributed by atoms with Crippen LogP contribution in [0.2, 0.25) is 5.02 Å². The number of aromatic nitrogens is 1. The van der Waals surface area contributed by atoms with Crippen LogP contribution in [0.3, 0.4) is 0 Å². The number of Topliss-reactive ketones (excluding diaryl/α,β-unsaturated/α-hetero) is 1. The van der Waals surface area contributed by atoms with Gasteiger partial charge in [-0.25, -0.2) is 9.37 Å². The van der Waals surface area contributed by atoms with Gasteiger partial charge in [-0.2, -0.15) is 4.39 Å². The Morgan fingerprint density at radius 3 is 2.73 bits per heavy atom. The van der Waals surface area contributed by atoms with E-state index in [0.717, 1.165) is 0 Å². The van der Waals surface area contributed by atoms with Crippen LogP contribution < -0.4 is 11.1 Å². The van der Waals surface area contributed by atoms with E-state index >= 15 is 0 Å². The fourth-order valence-electron chi connectivity index (χ4n) is 3.17. The van der Waals surface area contributed by atoms with Crippen molar-refractivity contribution < 1.29 is 18.0 Å². The quantitative estimate of drug-likeness (QED) is 0.286. The number of nitrogen functional groups attached to an aromatic ring is 1. The predicted molar refractivity (Wildman–Crippen MR) is 113 cm³/mol. The number of furan rings is 1. The van der Waals surface area contributed by atoms with Gasteiger partial charge in [0.2, 0.25) is 11.8 Å². The average molecular weight is 428 g/mol. The van der Waals surface area contributed by atoms with Crippen LogP contribution in [-0.2, 0) is 0 Å². The number of carbonyl (C=O) groups excluding carboxylic acids is 1. The number of ketones is 1. The van der Waals surface area contributed by atoms with E-state index in [9.17, 15) is 13.6 Å². The first-order chi connectivity index (χ1) is 14.4. The Bertz CT molecular complexity index is 1290. The van der Waals surface area contributed by atoms with Crippen molar-refractivity contribution in [1.82, 2.24) is 4.98 Å². The number of hydrogen-bond donors (Lipinski definition) is 2. The minimum absolute atomic E-state index is 0.000105. The van der Waals surface area contributed by atoms with Crippen molar-refractivity contribution in [2.45, 2.75) is 13.3 Å². The van der Waals surface area contributed by atoms with Gasteiger partial charge in [0.1, 0.15) is 17.2 Å². The third-order valence-corrected chi connectivity index (χ3v) is 4.93. The average Bonchev–Trinajstić information content (AvgIpc) is 3.04. The molecule has 0 unspecified atom stereocenters. The van der Waals surface area contributed by atoms with Gasteiger partial charge in [0.15, 0.2) is 11.4 Å². The number of nitrogens with zero attached hydrogens (tertiary/aromatic N) is 1. The van der Waals surface area contributed by atoms with Crippen molar-refractivity contribution in [2.75, 3.05) is 11.1 Å². The van der Waals surface area contributed by atoms with Gasteiger partial charge >= 0.3 is 0 Å². The lowest BCUT2D eigenvalue weighted by molar-refractivity contribution is 0.0988. The molecule has 8 heteroatoms. The first-order valence-electron chi connectivity index (χ1n) is 9.11. The van der Waals surface area contributed by atoms with Crippen molar-refractivity contribution in [2.24, 2.45) is 0 Å². The number of halogens is 3. The molecule has 0 amide bonds. The summed E-state index contributed by atoms with van der Waals surface area (Å²) in [5.74, 6) is -1.35. The van der Waals surface area contributed by atoms with Gasteiger partial charge in [-0.1, -0.05) is 36.7 Å². The summed E-state index contributed by atoms with van der Waals surface area (Å²) in [6.45, 7) is 1.76. The summed E-state index contributed by atoms with van der Waals surface area (Å²) in [4.78, 5) is 16.0. The molecule has 0 spiro atoms. The molecule has 4 aromatic rings. The molecule has 2 aromatic carbocycles. The minimum atomic E-state index is -0.745. The zero-order chi connectivity index (χ0) is 21.4. The van der Waals surface area contributed by atoms with E-state index < -0.39 is 11.8 Å². The predicted octanol–water partition coefficient (Wildman–Crippen LogP) is 6.34. The highest BCUT2D eigenvalue weighted by Gasteiger charge is 2.20. The maximum Gasteiger partial charge on any atom is 0.215 e. The number of nitrogens with one attached hydrogen (secondary N) is 1. The summed E-state index contributed by atoms with van der Waals surface area (Å²) >= 11 is 5.83. The molecule has 4 rings (SSSR count). The van der Waals surface area contributed by atoms with Crippen molar-refractivity contribution in [3.63, 3.8) is 0 Å². The Morgan fingerprint density at radius 1 is 1.20 bits per heavy atom. The molecule has 0 fully saturated rings. The summed E-state index contributed by atoms with van der Waals surface area (Å²) in [7, 11) is 0. The fourth-order valence-corrected chi connectivity index (χ4v) is 3.35. The van der Waals surface area contributed by atoms with E-state index in [4.69, 9.17) is 21.8 Å². The molecular weight excluding hydrogens is 412 g/mol. The molecule has 2 aromatic heterocycles. The number of hydrogen-bond acceptors (Lipinski definition) is 5. The molecular formula is C22H16ClF2N3O2. The minimum Gasteiger partial charge on any atom is -0.436 e. The van der Waals surface area contributed by atoms with Crippen LogP contribution in [0.1, 0.15) is 23.7 Å². The van der Waals surface area contributed by atoms with Gasteiger partial charge < -0.3 is 15.5 Å². The maximum atomic E-state index is 14.4. The Morgan fingerprint density at radius 2 is 2.00 bits per heavy atom. The summed E-state index contributed by atoms with van der Waals surface area (Å²) in [6.07, 6.45) is 0.345. The second-order valence-corrected chi connectivity index (χ2v) is 7.03. The molecule has 0 aliphatic carbocycles. The molecule has 3 N–H and O–H groups in total. The van der Waals surface area contributed by atoms with Crippen molar-refractivity contribution in [1.29, 1.82) is 0 Å². The van der Waals surface area contributed by atoms with Gasteiger partial charge in [0.25, 0.3) is 0 Å². The van der Waals surface area contributed by atoms with E-state index in [2.05, 4.69) is 10.3 Å². The Hall–Kier alpha value is -3.45. The number of benzene rings is 2. The molecule has 0 saturated heterocycles. The van der Waals surface area contributed by atoms with E-state index in [1.807, 2.05) is 0 Å². The van der Waals surface area contributed by atoms with Gasteiger partial charge in [-0.05, 0) is 24.3 Å². The highest BCUT2D eigenvalue weighted by Crippen LogP contribution is 2.40. The van der Waals surface area contributed by atoms with Crippen LogP contribution in [0.25, 0.3) is 22.2 Å². The van der Waals surface area contributed by atoms with Crippen molar-refractivity contribution >= 4 is 45.6 Å². The van der Waals surface area contributed by atoms with E-state index in [1.54, 1.807) is 31.2 Å². The Labute approximate surface area is 175 Å². The molecule has 0 aliphatic heterocycles. The van der Waals surface area contributed by atoms with E-state index in [0.29, 0.717) is 34.3 Å². The van der Waals surface area contributed by atoms with Crippen molar-refractivity contribution in [3.05, 3.63) is 70.9 Å². The molecule has 0 saturated carbocycles. The van der Waals surface area contributed by atoms with Crippen LogP contribution in [0.15, 0.2) is 52.9 Å². The SMILES string of the molecule is CCC(=O)c1cccc(-c2nc(F)cc3c(Nc4ccc(F)c(Cl)c4)c(N)oc23)c1. The number of fused-ring (bicyclic) bond motifs is 1. The van der Waals surface area contributed by atoms with Crippen LogP contribution >= 0.6 is 11.6 Å². The number of rotatable bonds is 5. The molecule has 152 valence electrons. The first-order valence-corrected chi connectivity index (χ1v) is 9.49. The third-order valence-electron chi connectivity index (χ3n) is 4.64. The second-order valence-electron chi connectivity index (χ2n) is 6.62. The van der Waals surface area contributed by atoms with Gasteiger partial charge in [-0.3, -0.25) is 4.79 Å². The highest BCUT2D eigenvalue weighted by molar-refractivity contribution is 6.31. The topological polar surface area (TPSA) is 81.2 Å². The number of pyridine rings is 1. The Kier molecular flexibility index (Phi) is 5.13. The second kappa shape index (κ2) is 7.76. The summed E-state index contributed by atoms with van der Waals surface area (Å²) in [5, 5.41) is 3.27. The number of nitrogens with two attached hydrogens (primary N) is 1. The lowest BCUT2D eigenvalue weighted by Gasteiger charge is -2.07. The van der Waals surface area contributed by atoms with Crippen LogP contribution in [0.4, 0.5) is 26.0 Å². The summed E-state index contributed by atoms with van der Waals surface area (Å²) < 4.78 is 33.5. The molecule has 0 bridgehead atoms. The number of carbonyl (C=O) groups is 1. The van der Waals surface area contributed by atoms with Crippen LogP contribution in [0, 0.1) is 11.8 Å². The lowest BCUT2D eigenvalue weighted by Crippen LogP contribution is -1.97. The van der Waals surface area contributed by atoms with E-state index in [-0.39, 0.29) is 28.0 Å². The summed E-state index contributed by atoms with van der Waals surface area (Å²) in [6, 6.07) is 12.0. The smallest absolute Gasteiger partial charge is 0.215 e. The summed E-state index contributed by atoms with van der Waals surface area (Å²) in [5.41, 5.74) is 8.26. The van der Waals surface area contributed by atoms with Crippen molar-refractivity contribution in [3.8, 4) is 11.3 Å². The molecule has 30 heavy (non-hydrogen) atoms. The maximum absolute atomic E-state index is 14.4. The zero-order valence-electron chi connectivity index (χ0n) is 15.8. The van der Waals surface area contributed by atoms with Gasteiger partial charge in [-0.15, -0.1) is 0 Å². The highest BCUT2D eigenvalue weighted by atomic mass is 35.5. The molecule has 5 nitrogen and oxygen atoms in total.